The number of aryl methyl sites for hydroxylation is 1. The Balaban J connectivity index is 0.00000261. The summed E-state index contributed by atoms with van der Waals surface area (Å²) in [5, 5.41) is 5.97. The minimum absolute atomic E-state index is 0. The minimum Gasteiger partial charge on any atom is -0.493 e. The zero-order chi connectivity index (χ0) is 18.5. The number of carbonyl (C=O) groups is 1. The van der Waals surface area contributed by atoms with Gasteiger partial charge in [-0.2, -0.15) is 0 Å². The first-order chi connectivity index (χ1) is 12.6. The van der Waals surface area contributed by atoms with E-state index in [1.807, 2.05) is 19.1 Å². The zero-order valence-electron chi connectivity index (χ0n) is 15.4. The van der Waals surface area contributed by atoms with E-state index in [9.17, 15) is 9.18 Å². The SMILES string of the molecule is COc1cc(C)ccc1Oc1ccc(NC(=O)C2CCCNC2)cc1F.Cl. The number of piperidine rings is 1. The van der Waals surface area contributed by atoms with Gasteiger partial charge in [-0.15, -0.1) is 12.4 Å². The Bertz CT molecular complexity index is 795. The van der Waals surface area contributed by atoms with Gasteiger partial charge in [-0.05, 0) is 56.1 Å². The summed E-state index contributed by atoms with van der Waals surface area (Å²) in [6.07, 6.45) is 1.81. The molecule has 0 bridgehead atoms. The van der Waals surface area contributed by atoms with E-state index in [2.05, 4.69) is 10.6 Å². The molecule has 3 rings (SSSR count). The maximum atomic E-state index is 14.4. The largest absolute Gasteiger partial charge is 0.493 e. The van der Waals surface area contributed by atoms with Crippen LogP contribution in [0.15, 0.2) is 36.4 Å². The van der Waals surface area contributed by atoms with E-state index in [0.29, 0.717) is 23.7 Å². The third-order valence-corrected chi connectivity index (χ3v) is 4.41. The van der Waals surface area contributed by atoms with E-state index in [1.165, 1.54) is 19.2 Å². The summed E-state index contributed by atoms with van der Waals surface area (Å²) in [5.74, 6) is 0.315. The van der Waals surface area contributed by atoms with Gasteiger partial charge in [0.25, 0.3) is 0 Å². The monoisotopic (exact) mass is 394 g/mol. The Morgan fingerprint density at radius 3 is 2.63 bits per heavy atom. The Labute approximate surface area is 164 Å². The number of nitrogens with one attached hydrogen (secondary N) is 2. The molecule has 1 aliphatic heterocycles. The Hall–Kier alpha value is -2.31. The van der Waals surface area contributed by atoms with E-state index in [0.717, 1.165) is 24.9 Å². The fourth-order valence-electron chi connectivity index (χ4n) is 2.96. The lowest BCUT2D eigenvalue weighted by molar-refractivity contribution is -0.120. The molecule has 2 aromatic rings. The quantitative estimate of drug-likeness (QED) is 0.794. The number of hydrogen-bond donors (Lipinski definition) is 2. The molecule has 1 saturated heterocycles. The molecule has 0 radical (unpaired) electrons. The van der Waals surface area contributed by atoms with Crippen molar-refractivity contribution in [3.05, 3.63) is 47.8 Å². The van der Waals surface area contributed by atoms with Crippen LogP contribution in [0.1, 0.15) is 18.4 Å². The van der Waals surface area contributed by atoms with E-state index in [1.54, 1.807) is 12.1 Å². The molecule has 2 N–H and O–H groups in total. The Morgan fingerprint density at radius 1 is 1.19 bits per heavy atom. The zero-order valence-corrected chi connectivity index (χ0v) is 16.2. The molecular formula is C20H24ClFN2O3. The van der Waals surface area contributed by atoms with Gasteiger partial charge in [0.2, 0.25) is 5.91 Å². The van der Waals surface area contributed by atoms with E-state index < -0.39 is 5.82 Å². The highest BCUT2D eigenvalue weighted by Gasteiger charge is 2.21. The van der Waals surface area contributed by atoms with Crippen LogP contribution in [0.5, 0.6) is 17.2 Å². The van der Waals surface area contributed by atoms with Gasteiger partial charge in [-0.25, -0.2) is 4.39 Å². The summed E-state index contributed by atoms with van der Waals surface area (Å²) in [7, 11) is 1.54. The van der Waals surface area contributed by atoms with Gasteiger partial charge >= 0.3 is 0 Å². The van der Waals surface area contributed by atoms with Crippen molar-refractivity contribution >= 4 is 24.0 Å². The summed E-state index contributed by atoms with van der Waals surface area (Å²) in [6, 6.07) is 9.82. The molecule has 1 aliphatic rings. The molecular weight excluding hydrogens is 371 g/mol. The molecule has 0 saturated carbocycles. The topological polar surface area (TPSA) is 59.6 Å². The van der Waals surface area contributed by atoms with E-state index >= 15 is 0 Å². The smallest absolute Gasteiger partial charge is 0.228 e. The number of rotatable bonds is 5. The van der Waals surface area contributed by atoms with Gasteiger partial charge in [-0.3, -0.25) is 4.79 Å². The number of benzene rings is 2. The highest BCUT2D eigenvalue weighted by Crippen LogP contribution is 2.34. The summed E-state index contributed by atoms with van der Waals surface area (Å²) in [5.41, 5.74) is 1.44. The van der Waals surface area contributed by atoms with Gasteiger partial charge in [0.1, 0.15) is 0 Å². The first-order valence-electron chi connectivity index (χ1n) is 8.70. The lowest BCUT2D eigenvalue weighted by atomic mass is 9.99. The van der Waals surface area contributed by atoms with Crippen LogP contribution in [-0.2, 0) is 4.79 Å². The first kappa shape index (κ1) is 21.0. The van der Waals surface area contributed by atoms with Crippen LogP contribution < -0.4 is 20.1 Å². The maximum absolute atomic E-state index is 14.4. The van der Waals surface area contributed by atoms with Crippen molar-refractivity contribution in [3.8, 4) is 17.2 Å². The second-order valence-corrected chi connectivity index (χ2v) is 6.43. The van der Waals surface area contributed by atoms with Crippen molar-refractivity contribution in [1.29, 1.82) is 0 Å². The molecule has 1 unspecified atom stereocenters. The third-order valence-electron chi connectivity index (χ3n) is 4.41. The second kappa shape index (κ2) is 9.58. The van der Waals surface area contributed by atoms with Crippen LogP contribution in [0.2, 0.25) is 0 Å². The predicted octanol–water partition coefficient (Wildman–Crippen LogP) is 4.29. The lowest BCUT2D eigenvalue weighted by Crippen LogP contribution is -2.37. The van der Waals surface area contributed by atoms with Crippen LogP contribution in [-0.4, -0.2) is 26.1 Å². The Morgan fingerprint density at radius 2 is 1.96 bits per heavy atom. The van der Waals surface area contributed by atoms with E-state index in [-0.39, 0.29) is 30.0 Å². The first-order valence-corrected chi connectivity index (χ1v) is 8.70. The van der Waals surface area contributed by atoms with E-state index in [4.69, 9.17) is 9.47 Å². The van der Waals surface area contributed by atoms with Crippen molar-refractivity contribution in [2.75, 3.05) is 25.5 Å². The minimum atomic E-state index is -0.549. The number of carbonyl (C=O) groups excluding carboxylic acids is 1. The molecule has 0 aliphatic carbocycles. The number of anilines is 1. The molecule has 1 fully saturated rings. The lowest BCUT2D eigenvalue weighted by Gasteiger charge is -2.22. The van der Waals surface area contributed by atoms with Gasteiger partial charge in [0, 0.05) is 18.3 Å². The van der Waals surface area contributed by atoms with Crippen LogP contribution >= 0.6 is 12.4 Å². The highest BCUT2D eigenvalue weighted by molar-refractivity contribution is 5.92. The summed E-state index contributed by atoms with van der Waals surface area (Å²) in [4.78, 5) is 12.2. The van der Waals surface area contributed by atoms with Crippen molar-refractivity contribution in [1.82, 2.24) is 5.32 Å². The van der Waals surface area contributed by atoms with Gasteiger partial charge in [0.05, 0.1) is 13.0 Å². The molecule has 1 amide bonds. The maximum Gasteiger partial charge on any atom is 0.228 e. The number of ether oxygens (including phenoxy) is 2. The van der Waals surface area contributed by atoms with Gasteiger partial charge < -0.3 is 20.1 Å². The second-order valence-electron chi connectivity index (χ2n) is 6.43. The molecule has 146 valence electrons. The number of halogens is 2. The van der Waals surface area contributed by atoms with Crippen molar-refractivity contribution in [3.63, 3.8) is 0 Å². The average molecular weight is 395 g/mol. The molecule has 2 aromatic carbocycles. The normalized spacial score (nSPS) is 16.2. The average Bonchev–Trinajstić information content (AvgIpc) is 2.65. The molecule has 5 nitrogen and oxygen atoms in total. The number of methoxy groups -OCH3 is 1. The molecule has 27 heavy (non-hydrogen) atoms. The summed E-state index contributed by atoms with van der Waals surface area (Å²) >= 11 is 0. The van der Waals surface area contributed by atoms with Crippen LogP contribution in [0, 0.1) is 18.7 Å². The van der Waals surface area contributed by atoms with Crippen molar-refractivity contribution in [2.24, 2.45) is 5.92 Å². The molecule has 1 heterocycles. The number of amides is 1. The fraction of sp³-hybridized carbons (Fsp3) is 0.350. The van der Waals surface area contributed by atoms with Crippen LogP contribution in [0.4, 0.5) is 10.1 Å². The van der Waals surface area contributed by atoms with Crippen LogP contribution in [0.3, 0.4) is 0 Å². The number of hydrogen-bond acceptors (Lipinski definition) is 4. The molecule has 1 atom stereocenters. The standard InChI is InChI=1S/C20H23FN2O3.ClH/c1-13-5-7-18(19(10-13)25-2)26-17-8-6-15(11-16(17)21)23-20(24)14-4-3-9-22-12-14;/h5-8,10-11,14,22H,3-4,9,12H2,1-2H3,(H,23,24);1H. The van der Waals surface area contributed by atoms with Crippen molar-refractivity contribution in [2.45, 2.75) is 19.8 Å². The fourth-order valence-corrected chi connectivity index (χ4v) is 2.96. The van der Waals surface area contributed by atoms with Gasteiger partial charge in [0.15, 0.2) is 23.1 Å². The third kappa shape index (κ3) is 5.34. The predicted molar refractivity (Wildman–Crippen MR) is 106 cm³/mol. The van der Waals surface area contributed by atoms with Crippen LogP contribution in [0.25, 0.3) is 0 Å². The molecule has 0 spiro atoms. The van der Waals surface area contributed by atoms with Gasteiger partial charge in [-0.1, -0.05) is 6.07 Å². The van der Waals surface area contributed by atoms with Crippen molar-refractivity contribution < 1.29 is 18.7 Å². The molecule has 7 heteroatoms. The highest BCUT2D eigenvalue weighted by atomic mass is 35.5. The Kier molecular flexibility index (Phi) is 7.45. The molecule has 0 aromatic heterocycles. The summed E-state index contributed by atoms with van der Waals surface area (Å²) in [6.45, 7) is 3.53. The summed E-state index contributed by atoms with van der Waals surface area (Å²) < 4.78 is 25.3.